The van der Waals surface area contributed by atoms with Gasteiger partial charge in [-0.15, -0.1) is 0 Å². The summed E-state index contributed by atoms with van der Waals surface area (Å²) in [6, 6.07) is 13.0. The van der Waals surface area contributed by atoms with Gasteiger partial charge in [-0.1, -0.05) is 35.6 Å². The first-order valence-corrected chi connectivity index (χ1v) is 9.22. The second-order valence-corrected chi connectivity index (χ2v) is 7.83. The summed E-state index contributed by atoms with van der Waals surface area (Å²) in [7, 11) is 0. The van der Waals surface area contributed by atoms with Gasteiger partial charge in [0.25, 0.3) is 5.92 Å². The van der Waals surface area contributed by atoms with Gasteiger partial charge in [-0.3, -0.25) is 9.36 Å². The Morgan fingerprint density at radius 2 is 2.00 bits per heavy atom. The number of fused-ring (bicyclic) bond motifs is 1. The van der Waals surface area contributed by atoms with Crippen molar-refractivity contribution < 1.29 is 8.78 Å². The Bertz CT molecular complexity index is 1100. The van der Waals surface area contributed by atoms with E-state index in [1.807, 2.05) is 18.2 Å². The number of thiazole rings is 1. The van der Waals surface area contributed by atoms with E-state index >= 15 is 0 Å². The Labute approximate surface area is 154 Å². The van der Waals surface area contributed by atoms with Crippen molar-refractivity contribution in [2.75, 3.05) is 0 Å². The lowest BCUT2D eigenvalue weighted by molar-refractivity contribution is 0.0953. The molecule has 1 heterocycles. The zero-order valence-corrected chi connectivity index (χ0v) is 15.2. The summed E-state index contributed by atoms with van der Waals surface area (Å²) in [4.78, 5) is 12.1. The van der Waals surface area contributed by atoms with Crippen molar-refractivity contribution in [1.82, 2.24) is 4.57 Å². The fourth-order valence-electron chi connectivity index (χ4n) is 2.98. The molecule has 1 aliphatic carbocycles. The first kappa shape index (κ1) is 16.4. The fraction of sp³-hybridized carbons (Fsp3) is 0.222. The minimum atomic E-state index is -2.66. The Morgan fingerprint density at radius 1 is 1.28 bits per heavy atom. The molecular weight excluding hydrogens is 410 g/mol. The van der Waals surface area contributed by atoms with E-state index in [-0.39, 0.29) is 17.8 Å². The molecule has 0 amide bonds. The Kier molecular flexibility index (Phi) is 3.78. The lowest BCUT2D eigenvalue weighted by Crippen LogP contribution is -2.15. The number of alkyl halides is 2. The quantitative estimate of drug-likeness (QED) is 0.596. The lowest BCUT2D eigenvalue weighted by Gasteiger charge is -2.09. The van der Waals surface area contributed by atoms with Crippen molar-refractivity contribution in [2.45, 2.75) is 18.9 Å². The smallest absolute Gasteiger partial charge is 0.298 e. The van der Waals surface area contributed by atoms with Gasteiger partial charge in [-0.05, 0) is 33.6 Å². The highest BCUT2D eigenvalue weighted by atomic mass is 79.9. The summed E-state index contributed by atoms with van der Waals surface area (Å²) in [6.07, 6.45) is -0.161. The van der Waals surface area contributed by atoms with Crippen LogP contribution in [-0.2, 0) is 6.54 Å². The second kappa shape index (κ2) is 5.75. The average Bonchev–Trinajstić information content (AvgIpc) is 3.07. The predicted octanol–water partition coefficient (Wildman–Crippen LogP) is 5.02. The van der Waals surface area contributed by atoms with E-state index in [4.69, 9.17) is 0 Å². The van der Waals surface area contributed by atoms with Crippen molar-refractivity contribution in [3.05, 3.63) is 56.1 Å². The highest BCUT2D eigenvalue weighted by Crippen LogP contribution is 2.49. The van der Waals surface area contributed by atoms with Crippen LogP contribution in [0.1, 0.15) is 12.0 Å². The summed E-state index contributed by atoms with van der Waals surface area (Å²) in [5.74, 6) is -3.42. The van der Waals surface area contributed by atoms with E-state index < -0.39 is 11.8 Å². The molecule has 0 spiro atoms. The molecule has 1 fully saturated rings. The third kappa shape index (κ3) is 2.70. The lowest BCUT2D eigenvalue weighted by atomic mass is 10.0. The van der Waals surface area contributed by atoms with Crippen LogP contribution in [0.3, 0.4) is 0 Å². The van der Waals surface area contributed by atoms with Crippen LogP contribution in [0.25, 0.3) is 21.3 Å². The van der Waals surface area contributed by atoms with Crippen LogP contribution in [-0.4, -0.2) is 10.5 Å². The van der Waals surface area contributed by atoms with E-state index in [1.165, 1.54) is 4.57 Å². The average molecular weight is 421 g/mol. The molecule has 126 valence electrons. The van der Waals surface area contributed by atoms with Crippen LogP contribution in [0, 0.1) is 17.2 Å². The summed E-state index contributed by atoms with van der Waals surface area (Å²) >= 11 is 4.56. The van der Waals surface area contributed by atoms with E-state index in [0.717, 1.165) is 22.5 Å². The first-order valence-electron chi connectivity index (χ1n) is 7.61. The molecule has 3 aromatic rings. The number of nitriles is 1. The van der Waals surface area contributed by atoms with Gasteiger partial charge < -0.3 is 0 Å². The summed E-state index contributed by atoms with van der Waals surface area (Å²) in [6.45, 7) is 0.0341. The van der Waals surface area contributed by atoms with Crippen molar-refractivity contribution in [2.24, 2.45) is 5.92 Å². The van der Waals surface area contributed by atoms with Gasteiger partial charge in [0, 0.05) is 28.9 Å². The molecule has 1 aliphatic rings. The molecular formula is C18H11BrF2N2OS. The van der Waals surface area contributed by atoms with Gasteiger partial charge >= 0.3 is 4.87 Å². The standard InChI is InChI=1S/C18H11BrF2N2OS/c19-15-13(12-4-2-1-3-10(12)8-22)5-6-14-16(15)25-17(24)23(14)9-11-7-18(11,20)21/h1-6,11H,7,9H2. The maximum Gasteiger partial charge on any atom is 0.308 e. The van der Waals surface area contributed by atoms with Crippen LogP contribution in [0.15, 0.2) is 45.7 Å². The number of aromatic nitrogens is 1. The van der Waals surface area contributed by atoms with Gasteiger partial charge in [-0.2, -0.15) is 5.26 Å². The molecule has 25 heavy (non-hydrogen) atoms. The predicted molar refractivity (Wildman–Crippen MR) is 97.0 cm³/mol. The zero-order chi connectivity index (χ0) is 17.8. The topological polar surface area (TPSA) is 45.8 Å². The second-order valence-electron chi connectivity index (χ2n) is 6.07. The molecule has 1 saturated carbocycles. The minimum absolute atomic E-state index is 0.0341. The van der Waals surface area contributed by atoms with Gasteiger partial charge in [-0.25, -0.2) is 8.78 Å². The normalized spacial score (nSPS) is 18.2. The Hall–Kier alpha value is -2.04. The van der Waals surface area contributed by atoms with Gasteiger partial charge in [0.1, 0.15) is 0 Å². The van der Waals surface area contributed by atoms with Crippen LogP contribution < -0.4 is 4.87 Å². The zero-order valence-electron chi connectivity index (χ0n) is 12.8. The molecule has 0 N–H and O–H groups in total. The molecule has 0 aliphatic heterocycles. The maximum atomic E-state index is 13.2. The van der Waals surface area contributed by atoms with E-state index in [0.29, 0.717) is 20.3 Å². The number of halogens is 3. The summed E-state index contributed by atoms with van der Waals surface area (Å²) in [5.41, 5.74) is 2.74. The highest BCUT2D eigenvalue weighted by Gasteiger charge is 2.56. The molecule has 1 unspecified atom stereocenters. The first-order chi connectivity index (χ1) is 11.9. The van der Waals surface area contributed by atoms with Crippen LogP contribution in [0.5, 0.6) is 0 Å². The SMILES string of the molecule is N#Cc1ccccc1-c1ccc2c(sc(=O)n2CC2CC2(F)F)c1Br. The molecule has 3 nitrogen and oxygen atoms in total. The molecule has 2 aromatic carbocycles. The molecule has 0 radical (unpaired) electrons. The van der Waals surface area contributed by atoms with E-state index in [1.54, 1.807) is 18.2 Å². The van der Waals surface area contributed by atoms with Gasteiger partial charge in [0.15, 0.2) is 0 Å². The Balaban J connectivity index is 1.85. The fourth-order valence-corrected chi connectivity index (χ4v) is 4.71. The number of hydrogen-bond donors (Lipinski definition) is 0. The Morgan fingerprint density at radius 3 is 2.68 bits per heavy atom. The van der Waals surface area contributed by atoms with E-state index in [2.05, 4.69) is 22.0 Å². The van der Waals surface area contributed by atoms with Crippen LogP contribution >= 0.6 is 27.3 Å². The molecule has 1 aromatic heterocycles. The van der Waals surface area contributed by atoms with Crippen molar-refractivity contribution in [3.8, 4) is 17.2 Å². The molecule has 0 saturated heterocycles. The molecule has 4 rings (SSSR count). The third-order valence-electron chi connectivity index (χ3n) is 4.47. The largest absolute Gasteiger partial charge is 0.308 e. The van der Waals surface area contributed by atoms with E-state index in [9.17, 15) is 18.8 Å². The van der Waals surface area contributed by atoms with Crippen molar-refractivity contribution in [1.29, 1.82) is 5.26 Å². The van der Waals surface area contributed by atoms with Crippen molar-refractivity contribution >= 4 is 37.5 Å². The molecule has 7 heteroatoms. The van der Waals surface area contributed by atoms with Gasteiger partial charge in [0.2, 0.25) is 0 Å². The van der Waals surface area contributed by atoms with Gasteiger partial charge in [0.05, 0.1) is 21.8 Å². The number of nitrogens with zero attached hydrogens (tertiary/aromatic N) is 2. The van der Waals surface area contributed by atoms with Crippen LogP contribution in [0.2, 0.25) is 0 Å². The summed E-state index contributed by atoms with van der Waals surface area (Å²) < 4.78 is 29.3. The number of benzene rings is 2. The monoisotopic (exact) mass is 420 g/mol. The highest BCUT2D eigenvalue weighted by molar-refractivity contribution is 9.10. The van der Waals surface area contributed by atoms with Crippen molar-refractivity contribution in [3.63, 3.8) is 0 Å². The minimum Gasteiger partial charge on any atom is -0.298 e. The molecule has 1 atom stereocenters. The third-order valence-corrected chi connectivity index (χ3v) is 6.57. The van der Waals surface area contributed by atoms with Crippen LogP contribution in [0.4, 0.5) is 8.78 Å². The summed E-state index contributed by atoms with van der Waals surface area (Å²) in [5, 5.41) is 9.30. The number of rotatable bonds is 3. The molecule has 0 bridgehead atoms. The number of hydrogen-bond acceptors (Lipinski definition) is 3. The maximum absolute atomic E-state index is 13.2.